The number of nitrogens with one attached hydrogen (secondary N) is 1. The molecule has 130 valence electrons. The Morgan fingerprint density at radius 2 is 2.00 bits per heavy atom. The van der Waals surface area contributed by atoms with Gasteiger partial charge in [0.1, 0.15) is 6.10 Å². The Kier molecular flexibility index (Phi) is 5.03. The fraction of sp³-hybridized carbons (Fsp3) is 0.222. The van der Waals surface area contributed by atoms with E-state index in [9.17, 15) is 4.79 Å². The van der Waals surface area contributed by atoms with Gasteiger partial charge in [-0.3, -0.25) is 4.79 Å². The average Bonchev–Trinajstić information content (AvgIpc) is 3.31. The summed E-state index contributed by atoms with van der Waals surface area (Å²) >= 11 is 0. The highest BCUT2D eigenvalue weighted by Gasteiger charge is 2.20. The molecule has 0 bridgehead atoms. The van der Waals surface area contributed by atoms with E-state index in [-0.39, 0.29) is 17.7 Å². The Bertz CT molecular complexity index is 826. The molecule has 0 radical (unpaired) electrons. The Morgan fingerprint density at radius 3 is 2.72 bits per heavy atom. The number of para-hydroxylation sites is 2. The molecule has 2 heterocycles. The van der Waals surface area contributed by atoms with Gasteiger partial charge in [-0.1, -0.05) is 12.1 Å². The summed E-state index contributed by atoms with van der Waals surface area (Å²) in [4.78, 5) is 16.3. The highest BCUT2D eigenvalue weighted by molar-refractivity contribution is 5.97. The molecule has 0 saturated carbocycles. The van der Waals surface area contributed by atoms with Crippen molar-refractivity contribution in [3.05, 3.63) is 54.7 Å². The van der Waals surface area contributed by atoms with Crippen LogP contribution in [-0.4, -0.2) is 30.6 Å². The van der Waals surface area contributed by atoms with E-state index in [0.717, 1.165) is 0 Å². The maximum Gasteiger partial charge on any atom is 0.274 e. The SMILES string of the molecule is COc1ccccc1OC(C)CNC(=O)c1ncoc1-c1ccco1. The van der Waals surface area contributed by atoms with Crippen LogP contribution >= 0.6 is 0 Å². The van der Waals surface area contributed by atoms with Gasteiger partial charge in [-0.15, -0.1) is 0 Å². The largest absolute Gasteiger partial charge is 0.493 e. The van der Waals surface area contributed by atoms with Gasteiger partial charge in [0.25, 0.3) is 5.91 Å². The number of furan rings is 1. The van der Waals surface area contributed by atoms with Crippen LogP contribution in [0.4, 0.5) is 0 Å². The predicted molar refractivity (Wildman–Crippen MR) is 89.6 cm³/mol. The van der Waals surface area contributed by atoms with Crippen LogP contribution in [-0.2, 0) is 0 Å². The molecule has 0 spiro atoms. The molecule has 1 unspecified atom stereocenters. The third-order valence-corrected chi connectivity index (χ3v) is 3.47. The maximum atomic E-state index is 12.3. The highest BCUT2D eigenvalue weighted by atomic mass is 16.5. The van der Waals surface area contributed by atoms with Gasteiger partial charge >= 0.3 is 0 Å². The summed E-state index contributed by atoms with van der Waals surface area (Å²) in [5.41, 5.74) is 0.166. The number of hydrogen-bond acceptors (Lipinski definition) is 6. The van der Waals surface area contributed by atoms with Crippen LogP contribution in [0, 0.1) is 0 Å². The molecule has 2 aromatic heterocycles. The van der Waals surface area contributed by atoms with Crippen molar-refractivity contribution in [3.63, 3.8) is 0 Å². The van der Waals surface area contributed by atoms with E-state index in [4.69, 9.17) is 18.3 Å². The van der Waals surface area contributed by atoms with Crippen LogP contribution in [0.2, 0.25) is 0 Å². The van der Waals surface area contributed by atoms with Crippen LogP contribution in [0.3, 0.4) is 0 Å². The number of oxazole rings is 1. The number of benzene rings is 1. The number of ether oxygens (including phenoxy) is 2. The normalized spacial score (nSPS) is 11.8. The van der Waals surface area contributed by atoms with Crippen LogP contribution in [0.25, 0.3) is 11.5 Å². The van der Waals surface area contributed by atoms with Gasteiger partial charge in [0, 0.05) is 0 Å². The number of hydrogen-bond donors (Lipinski definition) is 1. The molecule has 0 aliphatic carbocycles. The van der Waals surface area contributed by atoms with Crippen molar-refractivity contribution in [2.45, 2.75) is 13.0 Å². The first-order chi connectivity index (χ1) is 12.2. The summed E-state index contributed by atoms with van der Waals surface area (Å²) in [6.07, 6.45) is 2.45. The summed E-state index contributed by atoms with van der Waals surface area (Å²) < 4.78 is 21.5. The lowest BCUT2D eigenvalue weighted by molar-refractivity contribution is 0.0927. The fourth-order valence-corrected chi connectivity index (χ4v) is 2.29. The van der Waals surface area contributed by atoms with Crippen molar-refractivity contribution >= 4 is 5.91 Å². The molecule has 1 N–H and O–H groups in total. The minimum Gasteiger partial charge on any atom is -0.493 e. The number of nitrogens with zero attached hydrogens (tertiary/aromatic N) is 1. The molecule has 3 rings (SSSR count). The van der Waals surface area contributed by atoms with E-state index >= 15 is 0 Å². The number of rotatable bonds is 7. The van der Waals surface area contributed by atoms with E-state index < -0.39 is 0 Å². The molecule has 7 heteroatoms. The lowest BCUT2D eigenvalue weighted by Gasteiger charge is -2.17. The van der Waals surface area contributed by atoms with Crippen molar-refractivity contribution in [3.8, 4) is 23.0 Å². The van der Waals surface area contributed by atoms with Gasteiger partial charge in [-0.05, 0) is 31.2 Å². The standard InChI is InChI=1S/C18H18N2O5/c1-12(25-14-7-4-3-6-13(14)22-2)10-19-18(21)16-17(24-11-20-16)15-8-5-9-23-15/h3-9,11-12H,10H2,1-2H3,(H,19,21). The Balaban J connectivity index is 1.60. The van der Waals surface area contributed by atoms with E-state index in [1.165, 1.54) is 12.7 Å². The van der Waals surface area contributed by atoms with E-state index in [0.29, 0.717) is 29.6 Å². The first kappa shape index (κ1) is 16.6. The summed E-state index contributed by atoms with van der Waals surface area (Å²) in [5.74, 6) is 1.62. The monoisotopic (exact) mass is 342 g/mol. The molecule has 1 aromatic carbocycles. The molecule has 1 amide bonds. The number of aromatic nitrogens is 1. The van der Waals surface area contributed by atoms with Gasteiger partial charge in [-0.25, -0.2) is 4.98 Å². The highest BCUT2D eigenvalue weighted by Crippen LogP contribution is 2.27. The Morgan fingerprint density at radius 1 is 1.20 bits per heavy atom. The fourth-order valence-electron chi connectivity index (χ4n) is 2.29. The quantitative estimate of drug-likeness (QED) is 0.710. The molecule has 0 aliphatic rings. The molecular weight excluding hydrogens is 324 g/mol. The zero-order valence-corrected chi connectivity index (χ0v) is 13.9. The van der Waals surface area contributed by atoms with Gasteiger partial charge in [0.2, 0.25) is 5.76 Å². The lowest BCUT2D eigenvalue weighted by atomic mass is 10.2. The van der Waals surface area contributed by atoms with Gasteiger partial charge in [-0.2, -0.15) is 0 Å². The van der Waals surface area contributed by atoms with Crippen molar-refractivity contribution < 1.29 is 23.1 Å². The molecule has 7 nitrogen and oxygen atoms in total. The second-order valence-corrected chi connectivity index (χ2v) is 5.30. The van der Waals surface area contributed by atoms with Crippen molar-refractivity contribution in [1.82, 2.24) is 10.3 Å². The van der Waals surface area contributed by atoms with E-state index in [1.54, 1.807) is 19.2 Å². The van der Waals surface area contributed by atoms with Crippen molar-refractivity contribution in [2.75, 3.05) is 13.7 Å². The Labute approximate surface area is 144 Å². The van der Waals surface area contributed by atoms with Crippen LogP contribution in [0.15, 0.2) is 57.9 Å². The molecule has 0 fully saturated rings. The average molecular weight is 342 g/mol. The summed E-state index contributed by atoms with van der Waals surface area (Å²) in [7, 11) is 1.58. The smallest absolute Gasteiger partial charge is 0.274 e. The predicted octanol–water partition coefficient (Wildman–Crippen LogP) is 3.14. The van der Waals surface area contributed by atoms with Crippen molar-refractivity contribution in [1.29, 1.82) is 0 Å². The summed E-state index contributed by atoms with van der Waals surface area (Å²) in [5, 5.41) is 2.78. The van der Waals surface area contributed by atoms with Crippen LogP contribution in [0.1, 0.15) is 17.4 Å². The second kappa shape index (κ2) is 7.57. The van der Waals surface area contributed by atoms with Gasteiger partial charge in [0.05, 0.1) is 19.9 Å². The van der Waals surface area contributed by atoms with Gasteiger partial charge < -0.3 is 23.6 Å². The summed E-state index contributed by atoms with van der Waals surface area (Å²) in [6.45, 7) is 2.14. The minimum absolute atomic E-state index is 0.166. The zero-order chi connectivity index (χ0) is 17.6. The third kappa shape index (κ3) is 3.82. The van der Waals surface area contributed by atoms with Crippen molar-refractivity contribution in [2.24, 2.45) is 0 Å². The number of methoxy groups -OCH3 is 1. The molecular formula is C18H18N2O5. The maximum absolute atomic E-state index is 12.3. The zero-order valence-electron chi connectivity index (χ0n) is 13.9. The lowest BCUT2D eigenvalue weighted by Crippen LogP contribution is -2.34. The molecule has 3 aromatic rings. The van der Waals surface area contributed by atoms with E-state index in [1.807, 2.05) is 31.2 Å². The first-order valence-electron chi connectivity index (χ1n) is 7.74. The summed E-state index contributed by atoms with van der Waals surface area (Å²) in [6, 6.07) is 10.7. The van der Waals surface area contributed by atoms with Gasteiger partial charge in [0.15, 0.2) is 29.3 Å². The first-order valence-corrected chi connectivity index (χ1v) is 7.74. The number of carbonyl (C=O) groups excluding carboxylic acids is 1. The minimum atomic E-state index is -0.365. The molecule has 0 aliphatic heterocycles. The van der Waals surface area contributed by atoms with Crippen LogP contribution < -0.4 is 14.8 Å². The number of carbonyl (C=O) groups is 1. The molecule has 25 heavy (non-hydrogen) atoms. The third-order valence-electron chi connectivity index (χ3n) is 3.47. The molecule has 0 saturated heterocycles. The topological polar surface area (TPSA) is 86.7 Å². The molecule has 1 atom stereocenters. The van der Waals surface area contributed by atoms with E-state index in [2.05, 4.69) is 10.3 Å². The van der Waals surface area contributed by atoms with Crippen LogP contribution in [0.5, 0.6) is 11.5 Å². The second-order valence-electron chi connectivity index (χ2n) is 5.30. The Hall–Kier alpha value is -3.22. The number of amides is 1.